The zero-order valence-corrected chi connectivity index (χ0v) is 19.0. The average Bonchev–Trinajstić information content (AvgIpc) is 3.18. The average molecular weight is 466 g/mol. The molecule has 162 valence electrons. The van der Waals surface area contributed by atoms with Crippen LogP contribution in [0.15, 0.2) is 59.0 Å². The summed E-state index contributed by atoms with van der Waals surface area (Å²) < 4.78 is 5.79. The van der Waals surface area contributed by atoms with Crippen LogP contribution in [0.25, 0.3) is 22.6 Å². The van der Waals surface area contributed by atoms with Crippen molar-refractivity contribution in [2.45, 2.75) is 20.3 Å². The Morgan fingerprint density at radius 3 is 2.69 bits per heavy atom. The van der Waals surface area contributed by atoms with Gasteiger partial charge in [0.05, 0.1) is 5.56 Å². The van der Waals surface area contributed by atoms with Crippen molar-refractivity contribution < 1.29 is 14.3 Å². The van der Waals surface area contributed by atoms with Crippen LogP contribution in [-0.2, 0) is 6.42 Å². The van der Waals surface area contributed by atoms with Crippen LogP contribution < -0.4 is 10.6 Å². The Morgan fingerprint density at radius 1 is 1.16 bits per heavy atom. The Balaban J connectivity index is 1.47. The molecule has 1 amide bonds. The maximum Gasteiger partial charge on any atom is 0.257 e. The second-order valence-corrected chi connectivity index (χ2v) is 8.09. The van der Waals surface area contributed by atoms with Gasteiger partial charge < -0.3 is 14.8 Å². The molecule has 0 aliphatic heterocycles. The zero-order chi connectivity index (χ0) is 22.8. The molecule has 3 N–H and O–H groups in total. The Labute approximate surface area is 195 Å². The van der Waals surface area contributed by atoms with E-state index < -0.39 is 0 Å². The van der Waals surface area contributed by atoms with Crippen molar-refractivity contribution in [1.29, 1.82) is 0 Å². The number of nitrogens with one attached hydrogen (secondary N) is 2. The molecule has 3 aromatic carbocycles. The molecule has 1 aromatic heterocycles. The molecule has 0 fully saturated rings. The van der Waals surface area contributed by atoms with Crippen LogP contribution in [0, 0.1) is 6.92 Å². The number of anilines is 1. The number of phenols is 1. The first-order valence-corrected chi connectivity index (χ1v) is 10.7. The Kier molecular flexibility index (Phi) is 6.12. The van der Waals surface area contributed by atoms with Gasteiger partial charge >= 0.3 is 0 Å². The van der Waals surface area contributed by atoms with Crippen molar-refractivity contribution >= 4 is 51.6 Å². The Morgan fingerprint density at radius 2 is 1.97 bits per heavy atom. The maximum atomic E-state index is 12.4. The summed E-state index contributed by atoms with van der Waals surface area (Å²) in [4.78, 5) is 16.9. The highest BCUT2D eigenvalue weighted by Gasteiger charge is 2.14. The molecule has 0 saturated carbocycles. The molecule has 4 rings (SSSR count). The number of rotatable bonds is 4. The molecular formula is C24H20ClN3O3S. The maximum absolute atomic E-state index is 12.4. The summed E-state index contributed by atoms with van der Waals surface area (Å²) >= 11 is 11.3. The number of halogens is 1. The minimum atomic E-state index is -0.386. The van der Waals surface area contributed by atoms with E-state index in [1.165, 1.54) is 6.07 Å². The lowest BCUT2D eigenvalue weighted by atomic mass is 10.1. The molecule has 0 spiro atoms. The lowest BCUT2D eigenvalue weighted by Gasteiger charge is -2.11. The number of hydrogen-bond donors (Lipinski definition) is 3. The molecule has 0 atom stereocenters. The van der Waals surface area contributed by atoms with Crippen LogP contribution in [-0.4, -0.2) is 21.1 Å². The molecule has 0 radical (unpaired) electrons. The predicted molar refractivity (Wildman–Crippen MR) is 130 cm³/mol. The Hall–Kier alpha value is -3.42. The van der Waals surface area contributed by atoms with Crippen molar-refractivity contribution in [2.24, 2.45) is 0 Å². The number of oxazole rings is 1. The lowest BCUT2D eigenvalue weighted by molar-refractivity contribution is 0.0977. The van der Waals surface area contributed by atoms with Gasteiger partial charge in [0.25, 0.3) is 5.91 Å². The molecule has 0 aliphatic rings. The zero-order valence-electron chi connectivity index (χ0n) is 17.4. The monoisotopic (exact) mass is 465 g/mol. The smallest absolute Gasteiger partial charge is 0.257 e. The quantitative estimate of drug-likeness (QED) is 0.327. The third kappa shape index (κ3) is 4.59. The summed E-state index contributed by atoms with van der Waals surface area (Å²) in [6.45, 7) is 3.93. The highest BCUT2D eigenvalue weighted by atomic mass is 35.5. The van der Waals surface area contributed by atoms with E-state index in [1.54, 1.807) is 30.3 Å². The van der Waals surface area contributed by atoms with Crippen molar-refractivity contribution in [2.75, 3.05) is 5.32 Å². The van der Waals surface area contributed by atoms with Gasteiger partial charge in [0.15, 0.2) is 10.7 Å². The normalized spacial score (nSPS) is 10.8. The van der Waals surface area contributed by atoms with Crippen LogP contribution in [0.3, 0.4) is 0 Å². The number of thiocarbonyl (C=S) groups is 1. The molecule has 8 heteroatoms. The summed E-state index contributed by atoms with van der Waals surface area (Å²) in [7, 11) is 0. The fourth-order valence-corrected chi connectivity index (χ4v) is 3.56. The van der Waals surface area contributed by atoms with E-state index in [-0.39, 0.29) is 16.8 Å². The third-order valence-electron chi connectivity index (χ3n) is 5.01. The van der Waals surface area contributed by atoms with Gasteiger partial charge in [0.2, 0.25) is 5.89 Å². The van der Waals surface area contributed by atoms with Gasteiger partial charge in [-0.25, -0.2) is 4.98 Å². The number of aromatic hydroxyl groups is 1. The van der Waals surface area contributed by atoms with Gasteiger partial charge in [-0.3, -0.25) is 10.1 Å². The van der Waals surface area contributed by atoms with Gasteiger partial charge in [-0.05, 0) is 73.1 Å². The molecule has 0 aliphatic carbocycles. The van der Waals surface area contributed by atoms with Crippen LogP contribution in [0.2, 0.25) is 5.02 Å². The van der Waals surface area contributed by atoms with Gasteiger partial charge in [-0.1, -0.05) is 30.7 Å². The Bertz CT molecular complexity index is 1350. The van der Waals surface area contributed by atoms with Crippen molar-refractivity contribution in [3.63, 3.8) is 0 Å². The number of aryl methyl sites for hydroxylation is 2. The van der Waals surface area contributed by atoms with Crippen molar-refractivity contribution in [1.82, 2.24) is 10.3 Å². The predicted octanol–water partition coefficient (Wildman–Crippen LogP) is 5.85. The standard InChI is InChI=1S/C24H20ClN3O3S/c1-3-14-5-9-21-19(10-14)27-23(31-21)17-8-7-16(12-20(17)29)26-24(32)28-22(30)15-6-4-13(2)18(25)11-15/h4-12,29H,3H2,1-2H3,(H2,26,28,30,32). The van der Waals surface area contributed by atoms with E-state index in [9.17, 15) is 9.90 Å². The molecule has 6 nitrogen and oxygen atoms in total. The highest BCUT2D eigenvalue weighted by molar-refractivity contribution is 7.80. The first kappa shape index (κ1) is 21.8. The van der Waals surface area contributed by atoms with Gasteiger partial charge in [0, 0.05) is 22.3 Å². The highest BCUT2D eigenvalue weighted by Crippen LogP contribution is 2.33. The minimum absolute atomic E-state index is 0.0308. The summed E-state index contributed by atoms with van der Waals surface area (Å²) in [6.07, 6.45) is 0.900. The number of benzene rings is 3. The van der Waals surface area contributed by atoms with E-state index in [4.69, 9.17) is 28.2 Å². The van der Waals surface area contributed by atoms with Crippen LogP contribution in [0.1, 0.15) is 28.4 Å². The lowest BCUT2D eigenvalue weighted by Crippen LogP contribution is -2.34. The molecule has 0 saturated heterocycles. The number of phenolic OH excluding ortho intramolecular Hbond substituents is 1. The van der Waals surface area contributed by atoms with E-state index in [0.29, 0.717) is 33.3 Å². The number of carbonyl (C=O) groups is 1. The molecule has 4 aromatic rings. The first-order chi connectivity index (χ1) is 15.3. The fourth-order valence-electron chi connectivity index (χ4n) is 3.17. The van der Waals surface area contributed by atoms with E-state index in [0.717, 1.165) is 23.1 Å². The summed E-state index contributed by atoms with van der Waals surface area (Å²) in [5.74, 6) is -0.0932. The van der Waals surface area contributed by atoms with Gasteiger partial charge in [0.1, 0.15) is 11.3 Å². The van der Waals surface area contributed by atoms with Crippen molar-refractivity contribution in [3.8, 4) is 17.2 Å². The van der Waals surface area contributed by atoms with E-state index >= 15 is 0 Å². The van der Waals surface area contributed by atoms with Gasteiger partial charge in [-0.2, -0.15) is 0 Å². The third-order valence-corrected chi connectivity index (χ3v) is 5.62. The van der Waals surface area contributed by atoms with E-state index in [2.05, 4.69) is 22.5 Å². The SMILES string of the molecule is CCc1ccc2oc(-c3ccc(NC(=S)NC(=O)c4ccc(C)c(Cl)c4)cc3O)nc2c1. The van der Waals surface area contributed by atoms with Crippen LogP contribution >= 0.6 is 23.8 Å². The molecule has 32 heavy (non-hydrogen) atoms. The molecule has 0 unspecified atom stereocenters. The minimum Gasteiger partial charge on any atom is -0.507 e. The number of aromatic nitrogens is 1. The summed E-state index contributed by atoms with van der Waals surface area (Å²) in [5, 5.41) is 16.6. The number of hydrogen-bond acceptors (Lipinski definition) is 5. The number of amides is 1. The fraction of sp³-hybridized carbons (Fsp3) is 0.125. The molecular weight excluding hydrogens is 446 g/mol. The van der Waals surface area contributed by atoms with Gasteiger partial charge in [-0.15, -0.1) is 0 Å². The first-order valence-electron chi connectivity index (χ1n) is 9.95. The topological polar surface area (TPSA) is 87.4 Å². The number of nitrogens with zero attached hydrogens (tertiary/aromatic N) is 1. The number of carbonyl (C=O) groups excluding carboxylic acids is 1. The second kappa shape index (κ2) is 8.98. The van der Waals surface area contributed by atoms with Crippen LogP contribution in [0.5, 0.6) is 5.75 Å². The van der Waals surface area contributed by atoms with Crippen molar-refractivity contribution in [3.05, 3.63) is 76.3 Å². The van der Waals surface area contributed by atoms with Crippen LogP contribution in [0.4, 0.5) is 5.69 Å². The van der Waals surface area contributed by atoms with E-state index in [1.807, 2.05) is 25.1 Å². The molecule has 0 bridgehead atoms. The summed E-state index contributed by atoms with van der Waals surface area (Å²) in [6, 6.07) is 15.7. The largest absolute Gasteiger partial charge is 0.507 e. The second-order valence-electron chi connectivity index (χ2n) is 7.28. The summed E-state index contributed by atoms with van der Waals surface area (Å²) in [5.41, 5.74) is 4.77. The number of fused-ring (bicyclic) bond motifs is 1. The molecule has 1 heterocycles.